The van der Waals surface area contributed by atoms with Gasteiger partial charge >= 0.3 is 0 Å². The molecule has 0 aliphatic carbocycles. The summed E-state index contributed by atoms with van der Waals surface area (Å²) in [5.74, 6) is -0.195. The standard InChI is InChI=1S/C16H13ClFN3O2S/c17-13-3-1-12(2-4-13)11-24(22,23)21-10-9-16(20-21)19-15-7-5-14(18)6-8-15/h1-10H,11H2,(H,19,20). The van der Waals surface area contributed by atoms with E-state index < -0.39 is 10.0 Å². The van der Waals surface area contributed by atoms with Gasteiger partial charge in [-0.25, -0.2) is 12.8 Å². The smallest absolute Gasteiger partial charge is 0.258 e. The molecule has 124 valence electrons. The molecule has 1 N–H and O–H groups in total. The topological polar surface area (TPSA) is 64.0 Å². The molecule has 3 aromatic rings. The quantitative estimate of drug-likeness (QED) is 0.747. The van der Waals surface area contributed by atoms with E-state index in [9.17, 15) is 12.8 Å². The molecular weight excluding hydrogens is 353 g/mol. The summed E-state index contributed by atoms with van der Waals surface area (Å²) in [5.41, 5.74) is 1.22. The van der Waals surface area contributed by atoms with Crippen LogP contribution in [0.4, 0.5) is 15.9 Å². The van der Waals surface area contributed by atoms with E-state index in [1.807, 2.05) is 0 Å². The number of hydrogen-bond donors (Lipinski definition) is 1. The molecule has 2 aromatic carbocycles. The zero-order valence-corrected chi connectivity index (χ0v) is 13.9. The number of hydrogen-bond acceptors (Lipinski definition) is 4. The fourth-order valence-corrected chi connectivity index (χ4v) is 3.40. The van der Waals surface area contributed by atoms with E-state index in [4.69, 9.17) is 11.6 Å². The molecule has 1 heterocycles. The van der Waals surface area contributed by atoms with Gasteiger partial charge in [0.2, 0.25) is 0 Å². The van der Waals surface area contributed by atoms with Crippen molar-refractivity contribution in [1.82, 2.24) is 9.19 Å². The lowest BCUT2D eigenvalue weighted by Gasteiger charge is -2.05. The lowest BCUT2D eigenvalue weighted by atomic mass is 10.2. The van der Waals surface area contributed by atoms with Crippen LogP contribution < -0.4 is 5.32 Å². The average Bonchev–Trinajstić information content (AvgIpc) is 3.01. The number of halogens is 2. The van der Waals surface area contributed by atoms with Crippen LogP contribution in [0.3, 0.4) is 0 Å². The molecule has 8 heteroatoms. The fourth-order valence-electron chi connectivity index (χ4n) is 2.07. The molecule has 0 spiro atoms. The Bertz CT molecular complexity index is 938. The van der Waals surface area contributed by atoms with Gasteiger partial charge in [0.15, 0.2) is 5.82 Å². The summed E-state index contributed by atoms with van der Waals surface area (Å²) in [7, 11) is -3.64. The summed E-state index contributed by atoms with van der Waals surface area (Å²) < 4.78 is 38.6. The lowest BCUT2D eigenvalue weighted by molar-refractivity contribution is 0.579. The molecule has 0 aliphatic rings. The third kappa shape index (κ3) is 3.93. The van der Waals surface area contributed by atoms with Gasteiger partial charge in [-0.05, 0) is 42.0 Å². The van der Waals surface area contributed by atoms with Crippen LogP contribution >= 0.6 is 11.6 Å². The molecule has 0 radical (unpaired) electrons. The van der Waals surface area contributed by atoms with Gasteiger partial charge in [0.05, 0.1) is 5.75 Å². The van der Waals surface area contributed by atoms with Gasteiger partial charge in [-0.3, -0.25) is 0 Å². The Morgan fingerprint density at radius 1 is 1.04 bits per heavy atom. The van der Waals surface area contributed by atoms with Crippen LogP contribution in [0, 0.1) is 5.82 Å². The SMILES string of the molecule is O=S(=O)(Cc1ccc(Cl)cc1)n1ccc(Nc2ccc(F)cc2)n1. The molecule has 0 saturated heterocycles. The van der Waals surface area contributed by atoms with E-state index in [1.54, 1.807) is 24.3 Å². The van der Waals surface area contributed by atoms with Crippen LogP contribution in [0.1, 0.15) is 5.56 Å². The number of anilines is 2. The Morgan fingerprint density at radius 3 is 2.38 bits per heavy atom. The monoisotopic (exact) mass is 365 g/mol. The van der Waals surface area contributed by atoms with Crippen molar-refractivity contribution in [2.24, 2.45) is 0 Å². The molecule has 0 aliphatic heterocycles. The normalized spacial score (nSPS) is 11.4. The van der Waals surface area contributed by atoms with E-state index in [-0.39, 0.29) is 11.6 Å². The highest BCUT2D eigenvalue weighted by molar-refractivity contribution is 7.89. The maximum Gasteiger partial charge on any atom is 0.258 e. The van der Waals surface area contributed by atoms with E-state index in [0.717, 1.165) is 4.09 Å². The van der Waals surface area contributed by atoms with E-state index in [0.29, 0.717) is 22.1 Å². The van der Waals surface area contributed by atoms with Gasteiger partial charge in [0.25, 0.3) is 10.0 Å². The molecule has 3 rings (SSSR count). The van der Waals surface area contributed by atoms with Crippen molar-refractivity contribution in [2.45, 2.75) is 5.75 Å². The number of aromatic nitrogens is 2. The first-order valence-corrected chi connectivity index (χ1v) is 8.97. The van der Waals surface area contributed by atoms with E-state index in [2.05, 4.69) is 10.4 Å². The summed E-state index contributed by atoms with van der Waals surface area (Å²) in [5, 5.41) is 7.47. The van der Waals surface area contributed by atoms with Crippen molar-refractivity contribution in [3.05, 3.63) is 77.2 Å². The molecule has 5 nitrogen and oxygen atoms in total. The van der Waals surface area contributed by atoms with Gasteiger partial charge in [0.1, 0.15) is 5.82 Å². The fraction of sp³-hybridized carbons (Fsp3) is 0.0625. The minimum atomic E-state index is -3.64. The van der Waals surface area contributed by atoms with Gasteiger partial charge in [0, 0.05) is 23.0 Å². The Kier molecular flexibility index (Phi) is 4.55. The highest BCUT2D eigenvalue weighted by atomic mass is 35.5. The number of rotatable bonds is 5. The number of benzene rings is 2. The molecule has 0 atom stereocenters. The largest absolute Gasteiger partial charge is 0.339 e. The first-order chi connectivity index (χ1) is 11.4. The highest BCUT2D eigenvalue weighted by Gasteiger charge is 2.16. The van der Waals surface area contributed by atoms with Crippen molar-refractivity contribution < 1.29 is 12.8 Å². The minimum Gasteiger partial charge on any atom is -0.339 e. The van der Waals surface area contributed by atoms with Crippen LogP contribution in [0.2, 0.25) is 5.02 Å². The molecule has 0 saturated carbocycles. The van der Waals surface area contributed by atoms with Gasteiger partial charge in [-0.1, -0.05) is 23.7 Å². The van der Waals surface area contributed by atoms with Crippen LogP contribution in [-0.2, 0) is 15.8 Å². The Balaban J connectivity index is 1.76. The summed E-state index contributed by atoms with van der Waals surface area (Å²) in [6.45, 7) is 0. The maximum absolute atomic E-state index is 12.9. The van der Waals surface area contributed by atoms with Crippen LogP contribution in [0.5, 0.6) is 0 Å². The molecule has 1 aromatic heterocycles. The van der Waals surface area contributed by atoms with Crippen LogP contribution in [0.15, 0.2) is 60.8 Å². The summed E-state index contributed by atoms with van der Waals surface area (Å²) in [4.78, 5) is 0. The molecule has 0 bridgehead atoms. The first-order valence-electron chi connectivity index (χ1n) is 6.98. The summed E-state index contributed by atoms with van der Waals surface area (Å²) in [6, 6.07) is 13.8. The van der Waals surface area contributed by atoms with Crippen molar-refractivity contribution >= 4 is 33.1 Å². The summed E-state index contributed by atoms with van der Waals surface area (Å²) in [6.07, 6.45) is 1.36. The van der Waals surface area contributed by atoms with Crippen molar-refractivity contribution in [3.63, 3.8) is 0 Å². The predicted molar refractivity (Wildman–Crippen MR) is 91.4 cm³/mol. The first kappa shape index (κ1) is 16.5. The van der Waals surface area contributed by atoms with Gasteiger partial charge in [-0.15, -0.1) is 5.10 Å². The molecule has 0 unspecified atom stereocenters. The second-order valence-electron chi connectivity index (χ2n) is 5.09. The van der Waals surface area contributed by atoms with Gasteiger partial charge < -0.3 is 5.32 Å². The van der Waals surface area contributed by atoms with Crippen molar-refractivity contribution in [1.29, 1.82) is 0 Å². The van der Waals surface area contributed by atoms with Crippen LogP contribution in [-0.4, -0.2) is 17.6 Å². The molecular formula is C16H13ClFN3O2S. The zero-order valence-electron chi connectivity index (χ0n) is 12.4. The Morgan fingerprint density at radius 2 is 1.71 bits per heavy atom. The molecule has 0 fully saturated rings. The molecule has 24 heavy (non-hydrogen) atoms. The minimum absolute atomic E-state index is 0.193. The second kappa shape index (κ2) is 6.62. The highest BCUT2D eigenvalue weighted by Crippen LogP contribution is 2.17. The van der Waals surface area contributed by atoms with Crippen molar-refractivity contribution in [2.75, 3.05) is 5.32 Å². The number of nitrogens with one attached hydrogen (secondary N) is 1. The third-order valence-corrected chi connectivity index (χ3v) is 4.95. The van der Waals surface area contributed by atoms with E-state index >= 15 is 0 Å². The lowest BCUT2D eigenvalue weighted by Crippen LogP contribution is -2.15. The Hall–Kier alpha value is -2.38. The van der Waals surface area contributed by atoms with Crippen LogP contribution in [0.25, 0.3) is 0 Å². The molecule has 0 amide bonds. The maximum atomic E-state index is 12.9. The third-order valence-electron chi connectivity index (χ3n) is 3.23. The summed E-state index contributed by atoms with van der Waals surface area (Å²) >= 11 is 5.79. The Labute approximate surface area is 143 Å². The zero-order chi connectivity index (χ0) is 17.2. The number of nitrogens with zero attached hydrogens (tertiary/aromatic N) is 2. The predicted octanol–water partition coefficient (Wildman–Crippen LogP) is 3.80. The van der Waals surface area contributed by atoms with Gasteiger partial charge in [-0.2, -0.15) is 4.09 Å². The van der Waals surface area contributed by atoms with E-state index in [1.165, 1.54) is 36.5 Å². The van der Waals surface area contributed by atoms with Crippen molar-refractivity contribution in [3.8, 4) is 0 Å². The second-order valence-corrected chi connectivity index (χ2v) is 7.35. The average molecular weight is 366 g/mol.